The molecule has 2 rings (SSSR count). The van der Waals surface area contributed by atoms with E-state index in [4.69, 9.17) is 0 Å². The van der Waals surface area contributed by atoms with Crippen LogP contribution in [0.2, 0.25) is 0 Å². The van der Waals surface area contributed by atoms with Crippen LogP contribution in [0, 0.1) is 19.8 Å². The van der Waals surface area contributed by atoms with Crippen LogP contribution < -0.4 is 5.32 Å². The van der Waals surface area contributed by atoms with Crippen molar-refractivity contribution in [3.05, 3.63) is 53.2 Å². The van der Waals surface area contributed by atoms with Gasteiger partial charge in [-0.25, -0.2) is 4.98 Å². The van der Waals surface area contributed by atoms with E-state index in [1.807, 2.05) is 6.07 Å². The molecule has 0 bridgehead atoms. The second kappa shape index (κ2) is 7.45. The number of nitrogens with one attached hydrogen (secondary N) is 1. The maximum absolute atomic E-state index is 12.3. The molecule has 1 heterocycles. The highest BCUT2D eigenvalue weighted by molar-refractivity contribution is 7.99. The van der Waals surface area contributed by atoms with Gasteiger partial charge in [0.1, 0.15) is 5.03 Å². The van der Waals surface area contributed by atoms with E-state index in [0.29, 0.717) is 18.0 Å². The predicted octanol–water partition coefficient (Wildman–Crippen LogP) is 4.24. The Hall–Kier alpha value is -1.81. The van der Waals surface area contributed by atoms with Crippen molar-refractivity contribution >= 4 is 17.7 Å². The lowest BCUT2D eigenvalue weighted by molar-refractivity contribution is 0.0945. The lowest BCUT2D eigenvalue weighted by atomic mass is 10.2. The molecular weight excluding hydrogens is 292 g/mol. The molecule has 0 saturated heterocycles. The number of carbonyl (C=O) groups excluding carboxylic acids is 1. The fourth-order valence-electron chi connectivity index (χ4n) is 1.96. The van der Waals surface area contributed by atoms with Crippen LogP contribution in [-0.4, -0.2) is 17.4 Å². The zero-order chi connectivity index (χ0) is 16.1. The van der Waals surface area contributed by atoms with Crippen molar-refractivity contribution in [2.45, 2.75) is 37.6 Å². The van der Waals surface area contributed by atoms with E-state index in [1.54, 1.807) is 24.0 Å². The van der Waals surface area contributed by atoms with Crippen LogP contribution in [-0.2, 0) is 0 Å². The number of rotatable bonds is 5. The summed E-state index contributed by atoms with van der Waals surface area (Å²) in [5.41, 5.74) is 3.03. The predicted molar refractivity (Wildman–Crippen MR) is 91.4 cm³/mol. The minimum Gasteiger partial charge on any atom is -0.352 e. The van der Waals surface area contributed by atoms with Gasteiger partial charge in [0, 0.05) is 17.6 Å². The van der Waals surface area contributed by atoms with Gasteiger partial charge in [0.15, 0.2) is 0 Å². The first-order valence-electron chi connectivity index (χ1n) is 7.45. The van der Waals surface area contributed by atoms with Gasteiger partial charge < -0.3 is 5.32 Å². The van der Waals surface area contributed by atoms with E-state index in [0.717, 1.165) is 9.92 Å². The molecule has 0 radical (unpaired) electrons. The number of amides is 1. The van der Waals surface area contributed by atoms with E-state index in [2.05, 4.69) is 56.2 Å². The summed E-state index contributed by atoms with van der Waals surface area (Å²) in [6, 6.07) is 9.95. The number of benzene rings is 1. The highest BCUT2D eigenvalue weighted by atomic mass is 32.2. The highest BCUT2D eigenvalue weighted by Crippen LogP contribution is 2.31. The van der Waals surface area contributed by atoms with Crippen molar-refractivity contribution in [1.82, 2.24) is 10.3 Å². The van der Waals surface area contributed by atoms with E-state index in [1.165, 1.54) is 11.1 Å². The van der Waals surface area contributed by atoms with E-state index in [9.17, 15) is 4.79 Å². The topological polar surface area (TPSA) is 42.0 Å². The van der Waals surface area contributed by atoms with Crippen LogP contribution in [0.15, 0.2) is 46.5 Å². The molecule has 1 aromatic carbocycles. The minimum atomic E-state index is -0.0605. The van der Waals surface area contributed by atoms with E-state index < -0.39 is 0 Å². The van der Waals surface area contributed by atoms with Gasteiger partial charge in [0.25, 0.3) is 5.91 Å². The van der Waals surface area contributed by atoms with Crippen molar-refractivity contribution in [3.63, 3.8) is 0 Å². The van der Waals surface area contributed by atoms with Gasteiger partial charge in [-0.15, -0.1) is 0 Å². The first-order chi connectivity index (χ1) is 10.5. The Morgan fingerprint density at radius 2 is 2.05 bits per heavy atom. The molecule has 3 nitrogen and oxygen atoms in total. The number of aryl methyl sites for hydroxylation is 2. The standard InChI is InChI=1S/C18H22N2OS/c1-12(2)11-20-17(21)15-6-5-9-19-18(15)22-16-10-13(3)7-8-14(16)4/h5-10,12H,11H2,1-4H3,(H,20,21). The lowest BCUT2D eigenvalue weighted by Crippen LogP contribution is -2.27. The monoisotopic (exact) mass is 314 g/mol. The molecule has 2 aromatic rings. The largest absolute Gasteiger partial charge is 0.352 e. The summed E-state index contributed by atoms with van der Waals surface area (Å²) in [6.45, 7) is 8.97. The third-order valence-corrected chi connectivity index (χ3v) is 4.42. The van der Waals surface area contributed by atoms with Gasteiger partial charge in [-0.1, -0.05) is 37.7 Å². The van der Waals surface area contributed by atoms with Gasteiger partial charge in [-0.05, 0) is 49.1 Å². The molecule has 0 aliphatic heterocycles. The highest BCUT2D eigenvalue weighted by Gasteiger charge is 2.14. The summed E-state index contributed by atoms with van der Waals surface area (Å²) in [4.78, 5) is 17.9. The van der Waals surface area contributed by atoms with Gasteiger partial charge in [0.2, 0.25) is 0 Å². The average Bonchev–Trinajstić information content (AvgIpc) is 2.49. The number of hydrogen-bond donors (Lipinski definition) is 1. The number of carbonyl (C=O) groups is 1. The first-order valence-corrected chi connectivity index (χ1v) is 8.27. The number of aromatic nitrogens is 1. The quantitative estimate of drug-likeness (QED) is 0.897. The zero-order valence-electron chi connectivity index (χ0n) is 13.5. The Kier molecular flexibility index (Phi) is 5.61. The Morgan fingerprint density at radius 3 is 2.77 bits per heavy atom. The minimum absolute atomic E-state index is 0.0605. The number of pyridine rings is 1. The molecule has 4 heteroatoms. The van der Waals surface area contributed by atoms with Gasteiger partial charge >= 0.3 is 0 Å². The van der Waals surface area contributed by atoms with Crippen LogP contribution >= 0.6 is 11.8 Å². The molecule has 0 aliphatic rings. The van der Waals surface area contributed by atoms with Crippen molar-refractivity contribution < 1.29 is 4.79 Å². The van der Waals surface area contributed by atoms with Crippen LogP contribution in [0.5, 0.6) is 0 Å². The lowest BCUT2D eigenvalue weighted by Gasteiger charge is -2.11. The third kappa shape index (κ3) is 4.34. The van der Waals surface area contributed by atoms with Crippen molar-refractivity contribution in [2.24, 2.45) is 5.92 Å². The summed E-state index contributed by atoms with van der Waals surface area (Å²) in [6.07, 6.45) is 1.73. The summed E-state index contributed by atoms with van der Waals surface area (Å²) >= 11 is 1.55. The summed E-state index contributed by atoms with van der Waals surface area (Å²) in [5, 5.41) is 3.71. The molecule has 22 heavy (non-hydrogen) atoms. The molecule has 0 atom stereocenters. The van der Waals surface area contributed by atoms with Gasteiger partial charge in [-0.2, -0.15) is 0 Å². The van der Waals surface area contributed by atoms with Crippen LogP contribution in [0.4, 0.5) is 0 Å². The second-order valence-corrected chi connectivity index (χ2v) is 6.86. The van der Waals surface area contributed by atoms with E-state index in [-0.39, 0.29) is 5.91 Å². The molecule has 0 spiro atoms. The number of nitrogens with zero attached hydrogens (tertiary/aromatic N) is 1. The fraction of sp³-hybridized carbons (Fsp3) is 0.333. The fourth-order valence-corrected chi connectivity index (χ4v) is 3.02. The van der Waals surface area contributed by atoms with E-state index >= 15 is 0 Å². The summed E-state index contributed by atoms with van der Waals surface area (Å²) in [7, 11) is 0. The first kappa shape index (κ1) is 16.6. The normalized spacial score (nSPS) is 10.8. The maximum atomic E-state index is 12.3. The molecule has 1 aromatic heterocycles. The molecule has 1 amide bonds. The summed E-state index contributed by atoms with van der Waals surface area (Å²) in [5.74, 6) is 0.366. The smallest absolute Gasteiger partial charge is 0.254 e. The van der Waals surface area contributed by atoms with Crippen LogP contribution in [0.1, 0.15) is 35.3 Å². The number of hydrogen-bond acceptors (Lipinski definition) is 3. The zero-order valence-corrected chi connectivity index (χ0v) is 14.3. The third-order valence-electron chi connectivity index (χ3n) is 3.24. The van der Waals surface area contributed by atoms with Crippen LogP contribution in [0.25, 0.3) is 0 Å². The molecular formula is C18H22N2OS. The molecule has 116 valence electrons. The molecule has 0 saturated carbocycles. The van der Waals surface area contributed by atoms with Crippen molar-refractivity contribution in [3.8, 4) is 0 Å². The Bertz CT molecular complexity index is 668. The average molecular weight is 314 g/mol. The molecule has 1 N–H and O–H groups in total. The molecule has 0 unspecified atom stereocenters. The Morgan fingerprint density at radius 1 is 1.27 bits per heavy atom. The Labute approximate surface area is 136 Å². The van der Waals surface area contributed by atoms with Crippen molar-refractivity contribution in [2.75, 3.05) is 6.54 Å². The van der Waals surface area contributed by atoms with Crippen LogP contribution in [0.3, 0.4) is 0 Å². The Balaban J connectivity index is 2.25. The summed E-state index contributed by atoms with van der Waals surface area (Å²) < 4.78 is 0. The molecule has 0 fully saturated rings. The SMILES string of the molecule is Cc1ccc(C)c(Sc2ncccc2C(=O)NCC(C)C)c1. The van der Waals surface area contributed by atoms with Crippen molar-refractivity contribution in [1.29, 1.82) is 0 Å². The van der Waals surface area contributed by atoms with Gasteiger partial charge in [0.05, 0.1) is 5.56 Å². The molecule has 0 aliphatic carbocycles. The van der Waals surface area contributed by atoms with Gasteiger partial charge in [-0.3, -0.25) is 4.79 Å². The second-order valence-electron chi connectivity index (χ2n) is 5.83. The maximum Gasteiger partial charge on any atom is 0.254 e.